The highest BCUT2D eigenvalue weighted by molar-refractivity contribution is 7.89. The molecule has 1 aliphatic rings. The largest absolute Gasteiger partial charge is 0.405 e. The van der Waals surface area contributed by atoms with Crippen molar-refractivity contribution in [3.63, 3.8) is 0 Å². The van der Waals surface area contributed by atoms with Gasteiger partial charge in [-0.1, -0.05) is 17.7 Å². The smallest absolute Gasteiger partial charge is 0.314 e. The standard InChI is InChI=1S/C14H19ClF3N3O2S/c1-10-2-3-12(11(15)8-10)24(22,23)20-9-13(14(16,17)18)21-6-4-19-5-7-21/h2-3,8,13,19-20H,4-7,9H2,1H3. The Morgan fingerprint density at radius 3 is 2.50 bits per heavy atom. The van der Waals surface area contributed by atoms with Crippen molar-refractivity contribution in [3.8, 4) is 0 Å². The topological polar surface area (TPSA) is 61.4 Å². The van der Waals surface area contributed by atoms with Crippen LogP contribution in [0.1, 0.15) is 5.56 Å². The van der Waals surface area contributed by atoms with Gasteiger partial charge in [0.2, 0.25) is 10.0 Å². The normalized spacial score (nSPS) is 18.5. The van der Waals surface area contributed by atoms with E-state index in [1.54, 1.807) is 6.92 Å². The van der Waals surface area contributed by atoms with Gasteiger partial charge in [0.25, 0.3) is 0 Å². The Morgan fingerprint density at radius 1 is 1.33 bits per heavy atom. The summed E-state index contributed by atoms with van der Waals surface area (Å²) in [6.07, 6.45) is -4.53. The minimum atomic E-state index is -4.53. The molecule has 1 saturated heterocycles. The van der Waals surface area contributed by atoms with Crippen LogP contribution in [0.2, 0.25) is 5.02 Å². The molecule has 0 saturated carbocycles. The third-order valence-electron chi connectivity index (χ3n) is 3.81. The highest BCUT2D eigenvalue weighted by atomic mass is 35.5. The van der Waals surface area contributed by atoms with Crippen LogP contribution in [-0.4, -0.2) is 58.3 Å². The van der Waals surface area contributed by atoms with Crippen LogP contribution in [0.3, 0.4) is 0 Å². The van der Waals surface area contributed by atoms with Gasteiger partial charge in [-0.15, -0.1) is 0 Å². The van der Waals surface area contributed by atoms with Gasteiger partial charge in [-0.3, -0.25) is 4.90 Å². The Labute approximate surface area is 144 Å². The molecule has 1 aliphatic heterocycles. The first-order valence-corrected chi connectivity index (χ1v) is 9.24. The third-order valence-corrected chi connectivity index (χ3v) is 5.72. The number of sulfonamides is 1. The Hall–Kier alpha value is -0.870. The number of nitrogens with zero attached hydrogens (tertiary/aromatic N) is 1. The number of rotatable bonds is 5. The van der Waals surface area contributed by atoms with Gasteiger partial charge in [0.1, 0.15) is 10.9 Å². The fraction of sp³-hybridized carbons (Fsp3) is 0.571. The highest BCUT2D eigenvalue weighted by Gasteiger charge is 2.44. The number of hydrogen-bond acceptors (Lipinski definition) is 4. The second kappa shape index (κ2) is 7.57. The zero-order valence-corrected chi connectivity index (χ0v) is 14.6. The van der Waals surface area contributed by atoms with Crippen LogP contribution in [0.4, 0.5) is 13.2 Å². The van der Waals surface area contributed by atoms with Gasteiger partial charge in [0.05, 0.1) is 5.02 Å². The summed E-state index contributed by atoms with van der Waals surface area (Å²) in [5, 5.41) is 2.95. The number of alkyl halides is 3. The molecular weight excluding hydrogens is 367 g/mol. The first-order valence-electron chi connectivity index (χ1n) is 7.38. The summed E-state index contributed by atoms with van der Waals surface area (Å²) >= 11 is 5.91. The average Bonchev–Trinajstić information content (AvgIpc) is 2.46. The first-order chi connectivity index (χ1) is 11.1. The van der Waals surface area contributed by atoms with E-state index in [1.807, 2.05) is 4.72 Å². The number of aryl methyl sites for hydroxylation is 1. The van der Waals surface area contributed by atoms with E-state index in [1.165, 1.54) is 23.1 Å². The van der Waals surface area contributed by atoms with Crippen molar-refractivity contribution < 1.29 is 21.6 Å². The van der Waals surface area contributed by atoms with Crippen LogP contribution >= 0.6 is 11.6 Å². The molecule has 1 atom stereocenters. The Kier molecular flexibility index (Phi) is 6.14. The summed E-state index contributed by atoms with van der Waals surface area (Å²) in [6.45, 7) is 2.26. The molecule has 0 radical (unpaired) electrons. The Balaban J connectivity index is 2.15. The van der Waals surface area contributed by atoms with Crippen LogP contribution in [-0.2, 0) is 10.0 Å². The van der Waals surface area contributed by atoms with Crippen molar-refractivity contribution in [2.24, 2.45) is 0 Å². The molecule has 136 valence electrons. The van der Waals surface area contributed by atoms with Crippen molar-refractivity contribution in [1.29, 1.82) is 0 Å². The predicted molar refractivity (Wildman–Crippen MR) is 85.7 cm³/mol. The summed E-state index contributed by atoms with van der Waals surface area (Å²) in [5.41, 5.74) is 0.757. The molecule has 0 amide bonds. The molecule has 0 bridgehead atoms. The maximum absolute atomic E-state index is 13.3. The lowest BCUT2D eigenvalue weighted by Crippen LogP contribution is -2.57. The van der Waals surface area contributed by atoms with E-state index in [-0.39, 0.29) is 23.0 Å². The molecule has 2 rings (SSSR count). The number of piperazine rings is 1. The van der Waals surface area contributed by atoms with Gasteiger partial charge >= 0.3 is 6.18 Å². The van der Waals surface area contributed by atoms with E-state index in [2.05, 4.69) is 5.32 Å². The second-order valence-electron chi connectivity index (χ2n) is 5.63. The Bertz CT molecular complexity index is 676. The van der Waals surface area contributed by atoms with E-state index in [0.717, 1.165) is 5.56 Å². The summed E-state index contributed by atoms with van der Waals surface area (Å²) < 4.78 is 66.5. The van der Waals surface area contributed by atoms with Gasteiger partial charge < -0.3 is 5.32 Å². The third kappa shape index (κ3) is 4.82. The lowest BCUT2D eigenvalue weighted by Gasteiger charge is -2.35. The van der Waals surface area contributed by atoms with Gasteiger partial charge in [-0.25, -0.2) is 13.1 Å². The van der Waals surface area contributed by atoms with E-state index in [9.17, 15) is 21.6 Å². The van der Waals surface area contributed by atoms with E-state index < -0.39 is 28.8 Å². The zero-order chi connectivity index (χ0) is 18.0. The molecule has 0 aromatic heterocycles. The molecule has 24 heavy (non-hydrogen) atoms. The van der Waals surface area contributed by atoms with E-state index in [0.29, 0.717) is 13.1 Å². The fourth-order valence-electron chi connectivity index (χ4n) is 2.54. The Morgan fingerprint density at radius 2 is 1.96 bits per heavy atom. The van der Waals surface area contributed by atoms with Crippen molar-refractivity contribution >= 4 is 21.6 Å². The summed E-state index contributed by atoms with van der Waals surface area (Å²) in [4.78, 5) is 1.01. The number of benzene rings is 1. The molecule has 1 heterocycles. The van der Waals surface area contributed by atoms with Gasteiger partial charge in [0, 0.05) is 32.7 Å². The van der Waals surface area contributed by atoms with Crippen molar-refractivity contribution in [2.45, 2.75) is 24.0 Å². The molecule has 0 aliphatic carbocycles. The van der Waals surface area contributed by atoms with E-state index in [4.69, 9.17) is 11.6 Å². The minimum Gasteiger partial charge on any atom is -0.314 e. The van der Waals surface area contributed by atoms with Gasteiger partial charge in [0.15, 0.2) is 0 Å². The quantitative estimate of drug-likeness (QED) is 0.811. The van der Waals surface area contributed by atoms with Crippen molar-refractivity contribution in [1.82, 2.24) is 14.9 Å². The first kappa shape index (κ1) is 19.5. The van der Waals surface area contributed by atoms with Crippen molar-refractivity contribution in [3.05, 3.63) is 28.8 Å². The van der Waals surface area contributed by atoms with Crippen LogP contribution in [0.5, 0.6) is 0 Å². The minimum absolute atomic E-state index is 0.0202. The maximum atomic E-state index is 13.3. The molecule has 2 N–H and O–H groups in total. The molecule has 5 nitrogen and oxygen atoms in total. The molecule has 1 aromatic rings. The van der Waals surface area contributed by atoms with Crippen molar-refractivity contribution in [2.75, 3.05) is 32.7 Å². The highest BCUT2D eigenvalue weighted by Crippen LogP contribution is 2.26. The summed E-state index contributed by atoms with van der Waals surface area (Å²) in [5.74, 6) is 0. The number of nitrogens with one attached hydrogen (secondary N) is 2. The molecule has 0 spiro atoms. The number of hydrogen-bond donors (Lipinski definition) is 2. The van der Waals surface area contributed by atoms with Gasteiger partial charge in [-0.2, -0.15) is 13.2 Å². The molecule has 10 heteroatoms. The summed E-state index contributed by atoms with van der Waals surface area (Å²) in [7, 11) is -4.13. The zero-order valence-electron chi connectivity index (χ0n) is 13.0. The maximum Gasteiger partial charge on any atom is 0.405 e. The lowest BCUT2D eigenvalue weighted by atomic mass is 10.2. The fourth-order valence-corrected chi connectivity index (χ4v) is 4.17. The van der Waals surface area contributed by atoms with Crippen LogP contribution in [0.25, 0.3) is 0 Å². The molecule has 1 unspecified atom stereocenters. The monoisotopic (exact) mass is 385 g/mol. The van der Waals surface area contributed by atoms with Gasteiger partial charge in [-0.05, 0) is 24.6 Å². The summed E-state index contributed by atoms with van der Waals surface area (Å²) in [6, 6.07) is 2.40. The number of halogens is 4. The lowest BCUT2D eigenvalue weighted by molar-refractivity contribution is -0.182. The predicted octanol–water partition coefficient (Wildman–Crippen LogP) is 1.76. The van der Waals surface area contributed by atoms with Crippen LogP contribution in [0.15, 0.2) is 23.1 Å². The average molecular weight is 386 g/mol. The molecular formula is C14H19ClF3N3O2S. The molecule has 1 fully saturated rings. The SMILES string of the molecule is Cc1ccc(S(=O)(=O)NCC(N2CCNCC2)C(F)(F)F)c(Cl)c1. The molecule has 1 aromatic carbocycles. The second-order valence-corrected chi connectivity index (χ2v) is 7.77. The van der Waals surface area contributed by atoms with Crippen LogP contribution < -0.4 is 10.0 Å². The van der Waals surface area contributed by atoms with E-state index >= 15 is 0 Å². The van der Waals surface area contributed by atoms with Crippen LogP contribution in [0, 0.1) is 6.92 Å².